The normalized spacial score (nSPS) is 16.9. The summed E-state index contributed by atoms with van der Waals surface area (Å²) in [5.74, 6) is -0.0412. The molecule has 1 aliphatic heterocycles. The van der Waals surface area contributed by atoms with Crippen molar-refractivity contribution in [2.75, 3.05) is 13.1 Å². The van der Waals surface area contributed by atoms with E-state index in [1.807, 2.05) is 13.8 Å². The molecule has 1 aromatic carbocycles. The Morgan fingerprint density at radius 3 is 2.14 bits per heavy atom. The number of sulfonamides is 1. The Kier molecular flexibility index (Phi) is 6.13. The second-order valence-corrected chi connectivity index (χ2v) is 6.41. The van der Waals surface area contributed by atoms with Crippen molar-refractivity contribution in [3.8, 4) is 0 Å². The maximum absolute atomic E-state index is 12.6. The average molecular weight is 337 g/mol. The van der Waals surface area contributed by atoms with E-state index in [9.17, 15) is 26.4 Å². The number of nitrogens with zero attached hydrogens (tertiary/aromatic N) is 1. The molecule has 1 fully saturated rings. The third-order valence-corrected chi connectivity index (χ3v) is 4.97. The van der Waals surface area contributed by atoms with Gasteiger partial charge in [-0.05, 0) is 18.2 Å². The lowest BCUT2D eigenvalue weighted by molar-refractivity contribution is -0.137. The predicted molar refractivity (Wildman–Crippen MR) is 75.8 cm³/mol. The second kappa shape index (κ2) is 7.23. The topological polar surface area (TPSA) is 54.5 Å². The minimum absolute atomic E-state index is 0.0113. The standard InChI is InChI=1S/C12H12F3NO3S.C2H6/c13-12(14,15)9-2-1-3-11(8-9)20(18,19)16-6-4-10(17)5-7-16;1-2/h1-3,8H,4-7H2;1-2H3. The number of carbonyl (C=O) groups is 1. The van der Waals surface area contributed by atoms with Crippen molar-refractivity contribution in [3.63, 3.8) is 0 Å². The quantitative estimate of drug-likeness (QED) is 0.833. The summed E-state index contributed by atoms with van der Waals surface area (Å²) in [7, 11) is -3.99. The molecule has 124 valence electrons. The first-order chi connectivity index (χ1) is 10.2. The van der Waals surface area contributed by atoms with Crippen LogP contribution in [0.2, 0.25) is 0 Å². The Balaban J connectivity index is 0.00000116. The zero-order valence-corrected chi connectivity index (χ0v) is 13.2. The molecule has 0 radical (unpaired) electrons. The minimum Gasteiger partial charge on any atom is -0.300 e. The van der Waals surface area contributed by atoms with Gasteiger partial charge in [-0.1, -0.05) is 19.9 Å². The first-order valence-corrected chi connectivity index (χ1v) is 8.34. The molecule has 1 saturated heterocycles. The minimum atomic E-state index is -4.59. The van der Waals surface area contributed by atoms with Gasteiger partial charge in [-0.25, -0.2) is 8.42 Å². The number of hydrogen-bond donors (Lipinski definition) is 0. The molecule has 0 amide bonds. The maximum atomic E-state index is 12.6. The highest BCUT2D eigenvalue weighted by molar-refractivity contribution is 7.89. The molecule has 0 atom stereocenters. The van der Waals surface area contributed by atoms with Crippen molar-refractivity contribution < 1.29 is 26.4 Å². The number of carbonyl (C=O) groups excluding carboxylic acids is 1. The van der Waals surface area contributed by atoms with Crippen molar-refractivity contribution in [2.24, 2.45) is 0 Å². The number of Topliss-reactive ketones (excluding diaryl/α,β-unsaturated/α-hetero) is 1. The maximum Gasteiger partial charge on any atom is 0.416 e. The van der Waals surface area contributed by atoms with Crippen LogP contribution in [-0.4, -0.2) is 31.6 Å². The van der Waals surface area contributed by atoms with Gasteiger partial charge in [-0.15, -0.1) is 0 Å². The number of alkyl halides is 3. The van der Waals surface area contributed by atoms with Gasteiger partial charge < -0.3 is 0 Å². The van der Waals surface area contributed by atoms with E-state index < -0.39 is 26.7 Å². The third-order valence-electron chi connectivity index (χ3n) is 3.08. The van der Waals surface area contributed by atoms with Crippen LogP contribution in [0.4, 0.5) is 13.2 Å². The monoisotopic (exact) mass is 337 g/mol. The Labute approximate surface area is 128 Å². The molecule has 1 aliphatic rings. The SMILES string of the molecule is CC.O=C1CCN(S(=O)(=O)c2cccc(C(F)(F)F)c2)CC1. The molecular formula is C14H18F3NO3S. The number of piperidine rings is 1. The second-order valence-electron chi connectivity index (χ2n) is 4.47. The molecule has 0 unspecified atom stereocenters. The van der Waals surface area contributed by atoms with Gasteiger partial charge in [0.1, 0.15) is 5.78 Å². The first-order valence-electron chi connectivity index (χ1n) is 6.90. The van der Waals surface area contributed by atoms with Gasteiger partial charge in [0, 0.05) is 25.9 Å². The molecule has 0 N–H and O–H groups in total. The highest BCUT2D eigenvalue weighted by Gasteiger charge is 2.33. The van der Waals surface area contributed by atoms with Gasteiger partial charge in [-0.2, -0.15) is 17.5 Å². The largest absolute Gasteiger partial charge is 0.416 e. The van der Waals surface area contributed by atoms with Crippen molar-refractivity contribution in [3.05, 3.63) is 29.8 Å². The molecule has 2 rings (SSSR count). The summed E-state index contributed by atoms with van der Waals surface area (Å²) in [5.41, 5.74) is -1.01. The van der Waals surface area contributed by atoms with Gasteiger partial charge in [0.15, 0.2) is 0 Å². The van der Waals surface area contributed by atoms with E-state index in [4.69, 9.17) is 0 Å². The Morgan fingerprint density at radius 1 is 1.09 bits per heavy atom. The van der Waals surface area contributed by atoms with Gasteiger partial charge in [0.2, 0.25) is 10.0 Å². The lowest BCUT2D eigenvalue weighted by Gasteiger charge is -2.25. The van der Waals surface area contributed by atoms with E-state index in [1.54, 1.807) is 0 Å². The van der Waals surface area contributed by atoms with E-state index >= 15 is 0 Å². The fraction of sp³-hybridized carbons (Fsp3) is 0.500. The number of rotatable bonds is 2. The summed E-state index contributed by atoms with van der Waals surface area (Å²) in [6, 6.07) is 3.62. The molecule has 1 heterocycles. The van der Waals surface area contributed by atoms with Crippen LogP contribution in [0.25, 0.3) is 0 Å². The molecule has 22 heavy (non-hydrogen) atoms. The molecule has 8 heteroatoms. The lowest BCUT2D eigenvalue weighted by Crippen LogP contribution is -2.38. The molecule has 0 spiro atoms. The third kappa shape index (κ3) is 4.30. The zero-order chi connectivity index (χ0) is 17.0. The van der Waals surface area contributed by atoms with Gasteiger partial charge >= 0.3 is 6.18 Å². The zero-order valence-electron chi connectivity index (χ0n) is 12.4. The van der Waals surface area contributed by atoms with Gasteiger partial charge in [-0.3, -0.25) is 4.79 Å². The van der Waals surface area contributed by atoms with Crippen LogP contribution in [-0.2, 0) is 21.0 Å². The smallest absolute Gasteiger partial charge is 0.300 e. The van der Waals surface area contributed by atoms with Crippen LogP contribution < -0.4 is 0 Å². The lowest BCUT2D eigenvalue weighted by atomic mass is 10.1. The van der Waals surface area contributed by atoms with Crippen molar-refractivity contribution >= 4 is 15.8 Å². The Hall–Kier alpha value is -1.41. The van der Waals surface area contributed by atoms with E-state index in [0.29, 0.717) is 6.07 Å². The highest BCUT2D eigenvalue weighted by Crippen LogP contribution is 2.31. The Morgan fingerprint density at radius 2 is 1.64 bits per heavy atom. The first kappa shape index (κ1) is 18.6. The van der Waals surface area contributed by atoms with E-state index in [0.717, 1.165) is 22.5 Å². The summed E-state index contributed by atoms with van der Waals surface area (Å²) < 4.78 is 63.3. The summed E-state index contributed by atoms with van der Waals surface area (Å²) >= 11 is 0. The fourth-order valence-corrected chi connectivity index (χ4v) is 3.45. The molecule has 0 aromatic heterocycles. The van der Waals surface area contributed by atoms with Crippen LogP contribution in [0.1, 0.15) is 32.3 Å². The number of halogens is 3. The fourth-order valence-electron chi connectivity index (χ4n) is 1.96. The number of benzene rings is 1. The molecule has 1 aromatic rings. The van der Waals surface area contributed by atoms with E-state index in [-0.39, 0.29) is 31.7 Å². The highest BCUT2D eigenvalue weighted by atomic mass is 32.2. The van der Waals surface area contributed by atoms with Crippen LogP contribution in [0, 0.1) is 0 Å². The predicted octanol–water partition coefficient (Wildman–Crippen LogP) is 3.09. The van der Waals surface area contributed by atoms with Crippen LogP contribution >= 0.6 is 0 Å². The average Bonchev–Trinajstić information content (AvgIpc) is 2.49. The number of hydrogen-bond acceptors (Lipinski definition) is 3. The molecule has 0 aliphatic carbocycles. The van der Waals surface area contributed by atoms with E-state index in [1.165, 1.54) is 0 Å². The summed E-state index contributed by atoms with van der Waals surface area (Å²) in [6.07, 6.45) is -4.40. The van der Waals surface area contributed by atoms with Gasteiger partial charge in [0.05, 0.1) is 10.5 Å². The summed E-state index contributed by atoms with van der Waals surface area (Å²) in [6.45, 7) is 4.02. The summed E-state index contributed by atoms with van der Waals surface area (Å²) in [4.78, 5) is 10.7. The van der Waals surface area contributed by atoms with Crippen molar-refractivity contribution in [1.29, 1.82) is 0 Å². The van der Waals surface area contributed by atoms with Crippen LogP contribution in [0.15, 0.2) is 29.2 Å². The number of ketones is 1. The molecular weight excluding hydrogens is 319 g/mol. The van der Waals surface area contributed by atoms with Gasteiger partial charge in [0.25, 0.3) is 0 Å². The van der Waals surface area contributed by atoms with Crippen LogP contribution in [0.3, 0.4) is 0 Å². The summed E-state index contributed by atoms with van der Waals surface area (Å²) in [5, 5.41) is 0. The molecule has 0 bridgehead atoms. The Bertz CT molecular complexity index is 616. The van der Waals surface area contributed by atoms with Crippen LogP contribution in [0.5, 0.6) is 0 Å². The van der Waals surface area contributed by atoms with Crippen molar-refractivity contribution in [1.82, 2.24) is 4.31 Å². The molecule has 4 nitrogen and oxygen atoms in total. The van der Waals surface area contributed by atoms with E-state index in [2.05, 4.69) is 0 Å². The molecule has 0 saturated carbocycles. The van der Waals surface area contributed by atoms with Crippen molar-refractivity contribution in [2.45, 2.75) is 37.8 Å².